The van der Waals surface area contributed by atoms with Crippen LogP contribution in [0.4, 0.5) is 4.79 Å². The maximum Gasteiger partial charge on any atom is 0.410 e. The maximum atomic E-state index is 12.7. The number of likely N-dealkylation sites (tertiary alicyclic amines) is 1. The second-order valence-corrected chi connectivity index (χ2v) is 7.72. The molecule has 1 atom stereocenters. The van der Waals surface area contributed by atoms with Crippen molar-refractivity contribution in [3.8, 4) is 0 Å². The van der Waals surface area contributed by atoms with E-state index in [0.29, 0.717) is 6.54 Å². The largest absolute Gasteiger partial charge is 0.445 e. The third-order valence-corrected chi connectivity index (χ3v) is 5.58. The molecular weight excluding hydrogens is 404 g/mol. The number of ether oxygens (including phenoxy) is 1. The number of amides is 1. The molecule has 1 unspecified atom stereocenters. The predicted octanol–water partition coefficient (Wildman–Crippen LogP) is 5.74. The summed E-state index contributed by atoms with van der Waals surface area (Å²) < 4.78 is 6.57. The molecule has 0 radical (unpaired) electrons. The third-order valence-electron chi connectivity index (χ3n) is 5.08. The van der Waals surface area contributed by atoms with Crippen molar-refractivity contribution in [2.75, 3.05) is 6.54 Å². The molecule has 0 bridgehead atoms. The summed E-state index contributed by atoms with van der Waals surface area (Å²) in [6.07, 6.45) is 3.56. The van der Waals surface area contributed by atoms with Gasteiger partial charge in [-0.3, -0.25) is 0 Å². The number of fused-ring (bicyclic) bond motifs is 1. The first-order valence-electron chi connectivity index (χ1n) is 9.06. The number of hydrogen-bond acceptors (Lipinski definition) is 2. The van der Waals surface area contributed by atoms with E-state index in [-0.39, 0.29) is 18.7 Å². The van der Waals surface area contributed by atoms with Crippen LogP contribution in [0.1, 0.15) is 24.0 Å². The summed E-state index contributed by atoms with van der Waals surface area (Å²) in [6.45, 7) is 5.31. The van der Waals surface area contributed by atoms with Crippen molar-refractivity contribution in [3.63, 3.8) is 0 Å². The number of H-pyrrole nitrogens is 1. The van der Waals surface area contributed by atoms with Crippen molar-refractivity contribution in [1.82, 2.24) is 9.88 Å². The van der Waals surface area contributed by atoms with Gasteiger partial charge in [0.2, 0.25) is 0 Å². The van der Waals surface area contributed by atoms with Gasteiger partial charge in [-0.15, -0.1) is 0 Å². The van der Waals surface area contributed by atoms with Crippen molar-refractivity contribution in [3.05, 3.63) is 76.9 Å². The van der Waals surface area contributed by atoms with Gasteiger partial charge in [0.25, 0.3) is 0 Å². The first-order valence-corrected chi connectivity index (χ1v) is 9.86. The van der Waals surface area contributed by atoms with E-state index < -0.39 is 0 Å². The molecule has 3 aromatic rings. The maximum absolute atomic E-state index is 12.7. The molecule has 1 saturated heterocycles. The van der Waals surface area contributed by atoms with E-state index in [4.69, 9.17) is 4.74 Å². The van der Waals surface area contributed by atoms with E-state index in [1.807, 2.05) is 53.6 Å². The molecule has 5 heteroatoms. The zero-order valence-corrected chi connectivity index (χ0v) is 16.5. The standard InChI is InChI=1S/C22H21BrN2O2/c1-15(19-13-24-20-10-9-17(23)12-18(19)20)21-8-5-11-25(21)22(26)27-14-16-6-3-2-4-7-16/h2-4,6-7,9-10,12-13,21,24H,1,5,8,11,14H2. The fourth-order valence-electron chi connectivity index (χ4n) is 3.69. The molecule has 1 fully saturated rings. The summed E-state index contributed by atoms with van der Waals surface area (Å²) >= 11 is 3.53. The lowest BCUT2D eigenvalue weighted by molar-refractivity contribution is 0.0984. The molecule has 1 aromatic heterocycles. The van der Waals surface area contributed by atoms with Gasteiger partial charge >= 0.3 is 6.09 Å². The number of carbonyl (C=O) groups is 1. The van der Waals surface area contributed by atoms with E-state index in [0.717, 1.165) is 44.9 Å². The molecule has 1 amide bonds. The van der Waals surface area contributed by atoms with Gasteiger partial charge in [-0.1, -0.05) is 52.8 Å². The average Bonchev–Trinajstić information content (AvgIpc) is 3.33. The normalized spacial score (nSPS) is 16.6. The first-order chi connectivity index (χ1) is 13.1. The molecule has 1 aliphatic heterocycles. The number of aromatic nitrogens is 1. The van der Waals surface area contributed by atoms with Gasteiger partial charge in [-0.25, -0.2) is 4.79 Å². The molecular formula is C22H21BrN2O2. The highest BCUT2D eigenvalue weighted by Gasteiger charge is 2.33. The van der Waals surface area contributed by atoms with Crippen LogP contribution in [-0.4, -0.2) is 28.6 Å². The monoisotopic (exact) mass is 424 g/mol. The summed E-state index contributed by atoms with van der Waals surface area (Å²) in [7, 11) is 0. The molecule has 4 rings (SSSR count). The van der Waals surface area contributed by atoms with Crippen molar-refractivity contribution in [2.24, 2.45) is 0 Å². The van der Waals surface area contributed by atoms with Crippen LogP contribution in [0.5, 0.6) is 0 Å². The number of hydrogen-bond donors (Lipinski definition) is 1. The van der Waals surface area contributed by atoms with Gasteiger partial charge in [0, 0.05) is 33.7 Å². The molecule has 138 valence electrons. The molecule has 0 aliphatic carbocycles. The highest BCUT2D eigenvalue weighted by atomic mass is 79.9. The van der Waals surface area contributed by atoms with Crippen LogP contribution in [0.15, 0.2) is 65.8 Å². The smallest absolute Gasteiger partial charge is 0.410 e. The van der Waals surface area contributed by atoms with Gasteiger partial charge in [0.15, 0.2) is 0 Å². The van der Waals surface area contributed by atoms with Gasteiger partial charge in [0.05, 0.1) is 6.04 Å². The first kappa shape index (κ1) is 17.9. The van der Waals surface area contributed by atoms with E-state index in [9.17, 15) is 4.79 Å². The molecule has 1 N–H and O–H groups in total. The summed E-state index contributed by atoms with van der Waals surface area (Å²) in [5.74, 6) is 0. The molecule has 0 saturated carbocycles. The van der Waals surface area contributed by atoms with Crippen molar-refractivity contribution < 1.29 is 9.53 Å². The molecule has 2 heterocycles. The summed E-state index contributed by atoms with van der Waals surface area (Å²) in [6, 6.07) is 15.8. The highest BCUT2D eigenvalue weighted by molar-refractivity contribution is 9.10. The Bertz CT molecular complexity index is 980. The Balaban J connectivity index is 1.51. The fraction of sp³-hybridized carbons (Fsp3) is 0.227. The molecule has 0 spiro atoms. The Labute approximate surface area is 167 Å². The average molecular weight is 425 g/mol. The minimum Gasteiger partial charge on any atom is -0.445 e. The Hall–Kier alpha value is -2.53. The summed E-state index contributed by atoms with van der Waals surface area (Å²) in [4.78, 5) is 17.8. The zero-order chi connectivity index (χ0) is 18.8. The van der Waals surface area contributed by atoms with Crippen LogP contribution in [0.25, 0.3) is 16.5 Å². The van der Waals surface area contributed by atoms with Crippen molar-refractivity contribution >= 4 is 38.5 Å². The molecule has 4 nitrogen and oxygen atoms in total. The SMILES string of the molecule is C=C(c1c[nH]c2ccc(Br)cc12)C1CCCN1C(=O)OCc1ccccc1. The second-order valence-electron chi connectivity index (χ2n) is 6.81. The number of benzene rings is 2. The Kier molecular flexibility index (Phi) is 5.03. The van der Waals surface area contributed by atoms with Crippen LogP contribution >= 0.6 is 15.9 Å². The van der Waals surface area contributed by atoms with Gasteiger partial charge in [-0.2, -0.15) is 0 Å². The summed E-state index contributed by atoms with van der Waals surface area (Å²) in [5, 5.41) is 1.11. The van der Waals surface area contributed by atoms with Crippen LogP contribution in [0, 0.1) is 0 Å². The predicted molar refractivity (Wildman–Crippen MR) is 111 cm³/mol. The molecule has 27 heavy (non-hydrogen) atoms. The number of rotatable bonds is 4. The number of carbonyl (C=O) groups excluding carboxylic acids is 1. The highest BCUT2D eigenvalue weighted by Crippen LogP contribution is 2.34. The lowest BCUT2D eigenvalue weighted by atomic mass is 9.98. The number of halogens is 1. The van der Waals surface area contributed by atoms with Crippen LogP contribution in [-0.2, 0) is 11.3 Å². The lowest BCUT2D eigenvalue weighted by Gasteiger charge is -2.25. The van der Waals surface area contributed by atoms with E-state index >= 15 is 0 Å². The lowest BCUT2D eigenvalue weighted by Crippen LogP contribution is -2.36. The summed E-state index contributed by atoms with van der Waals surface area (Å²) in [5.41, 5.74) is 4.06. The molecule has 1 aliphatic rings. The number of nitrogens with one attached hydrogen (secondary N) is 1. The van der Waals surface area contributed by atoms with Crippen LogP contribution in [0.2, 0.25) is 0 Å². The van der Waals surface area contributed by atoms with Crippen molar-refractivity contribution in [1.29, 1.82) is 0 Å². The van der Waals surface area contributed by atoms with Gasteiger partial charge < -0.3 is 14.6 Å². The number of aromatic amines is 1. The topological polar surface area (TPSA) is 45.3 Å². The van der Waals surface area contributed by atoms with Crippen LogP contribution < -0.4 is 0 Å². The zero-order valence-electron chi connectivity index (χ0n) is 15.0. The Morgan fingerprint density at radius 3 is 2.89 bits per heavy atom. The third kappa shape index (κ3) is 3.65. The van der Waals surface area contributed by atoms with Gasteiger partial charge in [0.1, 0.15) is 6.61 Å². The van der Waals surface area contributed by atoms with E-state index in [1.165, 1.54) is 0 Å². The Morgan fingerprint density at radius 2 is 2.07 bits per heavy atom. The number of nitrogens with zero attached hydrogens (tertiary/aromatic N) is 1. The van der Waals surface area contributed by atoms with Gasteiger partial charge in [-0.05, 0) is 42.2 Å². The Morgan fingerprint density at radius 1 is 1.26 bits per heavy atom. The second kappa shape index (κ2) is 7.61. The minimum absolute atomic E-state index is 0.0359. The fourth-order valence-corrected chi connectivity index (χ4v) is 4.05. The minimum atomic E-state index is -0.275. The van der Waals surface area contributed by atoms with E-state index in [1.54, 1.807) is 0 Å². The van der Waals surface area contributed by atoms with E-state index in [2.05, 4.69) is 33.6 Å². The molecule has 2 aromatic carbocycles. The van der Waals surface area contributed by atoms with Crippen molar-refractivity contribution in [2.45, 2.75) is 25.5 Å². The van der Waals surface area contributed by atoms with Crippen LogP contribution in [0.3, 0.4) is 0 Å². The quantitative estimate of drug-likeness (QED) is 0.579.